The van der Waals surface area contributed by atoms with Gasteiger partial charge >= 0.3 is 0 Å². The van der Waals surface area contributed by atoms with E-state index < -0.39 is 0 Å². The van der Waals surface area contributed by atoms with Gasteiger partial charge in [0.15, 0.2) is 0 Å². The second-order valence-electron chi connectivity index (χ2n) is 3.59. The molecule has 1 rings (SSSR count). The molecule has 0 fully saturated rings. The van der Waals surface area contributed by atoms with Crippen molar-refractivity contribution in [3.8, 4) is 0 Å². The van der Waals surface area contributed by atoms with Gasteiger partial charge in [-0.25, -0.2) is 4.68 Å². The summed E-state index contributed by atoms with van der Waals surface area (Å²) in [6.07, 6.45) is 1.84. The number of rotatable bonds is 7. The third-order valence-corrected chi connectivity index (χ3v) is 1.94. The second kappa shape index (κ2) is 6.49. The fourth-order valence-corrected chi connectivity index (χ4v) is 1.05. The van der Waals surface area contributed by atoms with Crippen molar-refractivity contribution in [2.45, 2.75) is 13.1 Å². The maximum Gasteiger partial charge on any atom is 0.0962 e. The number of ether oxygens (including phenoxy) is 1. The average Bonchev–Trinajstić information content (AvgIpc) is 2.65. The molecule has 15 heavy (non-hydrogen) atoms. The second-order valence-corrected chi connectivity index (χ2v) is 3.59. The first-order valence-corrected chi connectivity index (χ1v) is 5.04. The lowest BCUT2D eigenvalue weighted by Crippen LogP contribution is -2.19. The quantitative estimate of drug-likeness (QED) is 0.607. The van der Waals surface area contributed by atoms with Gasteiger partial charge < -0.3 is 15.4 Å². The van der Waals surface area contributed by atoms with Crippen LogP contribution in [0, 0.1) is 0 Å². The molecule has 0 aromatic carbocycles. The molecule has 86 valence electrons. The number of nitrogens with two attached hydrogens (primary N) is 1. The molecule has 0 saturated carbocycles. The third kappa shape index (κ3) is 4.87. The standard InChI is InChI=1S/C9H19N5O/c1-13(2)3-5-15-6-4-14-8-9(7-10)11-12-14/h8H,3-7,10H2,1-2H3. The van der Waals surface area contributed by atoms with Gasteiger partial charge in [0.1, 0.15) is 0 Å². The van der Waals surface area contributed by atoms with E-state index in [1.165, 1.54) is 0 Å². The van der Waals surface area contributed by atoms with E-state index in [0.29, 0.717) is 13.2 Å². The first-order chi connectivity index (χ1) is 7.22. The minimum atomic E-state index is 0.432. The Morgan fingerprint density at radius 3 is 2.87 bits per heavy atom. The van der Waals surface area contributed by atoms with E-state index in [0.717, 1.165) is 25.4 Å². The van der Waals surface area contributed by atoms with Crippen molar-refractivity contribution in [1.82, 2.24) is 19.9 Å². The summed E-state index contributed by atoms with van der Waals surface area (Å²) in [5, 5.41) is 7.80. The molecule has 1 heterocycles. The maximum absolute atomic E-state index is 5.43. The summed E-state index contributed by atoms with van der Waals surface area (Å²) in [4.78, 5) is 2.09. The third-order valence-electron chi connectivity index (χ3n) is 1.94. The van der Waals surface area contributed by atoms with Crippen molar-refractivity contribution in [1.29, 1.82) is 0 Å². The lowest BCUT2D eigenvalue weighted by Gasteiger charge is -2.09. The van der Waals surface area contributed by atoms with Crippen LogP contribution in [0.25, 0.3) is 0 Å². The van der Waals surface area contributed by atoms with Crippen LogP contribution in [0.4, 0.5) is 0 Å². The molecule has 0 bridgehead atoms. The van der Waals surface area contributed by atoms with E-state index >= 15 is 0 Å². The van der Waals surface area contributed by atoms with Gasteiger partial charge in [-0.2, -0.15) is 0 Å². The van der Waals surface area contributed by atoms with E-state index in [1.807, 2.05) is 20.3 Å². The van der Waals surface area contributed by atoms with Gasteiger partial charge in [0.2, 0.25) is 0 Å². The Hall–Kier alpha value is -0.980. The van der Waals surface area contributed by atoms with E-state index in [-0.39, 0.29) is 0 Å². The van der Waals surface area contributed by atoms with Crippen LogP contribution in [0.15, 0.2) is 6.20 Å². The zero-order chi connectivity index (χ0) is 11.1. The van der Waals surface area contributed by atoms with Gasteiger partial charge in [-0.15, -0.1) is 5.10 Å². The van der Waals surface area contributed by atoms with Crippen LogP contribution in [-0.4, -0.2) is 53.7 Å². The lowest BCUT2D eigenvalue weighted by atomic mass is 10.5. The smallest absolute Gasteiger partial charge is 0.0962 e. The van der Waals surface area contributed by atoms with Crippen LogP contribution in [-0.2, 0) is 17.8 Å². The highest BCUT2D eigenvalue weighted by molar-refractivity contribution is 4.90. The summed E-state index contributed by atoms with van der Waals surface area (Å²) < 4.78 is 7.18. The molecule has 0 atom stereocenters. The maximum atomic E-state index is 5.43. The van der Waals surface area contributed by atoms with Crippen LogP contribution < -0.4 is 5.73 Å². The Balaban J connectivity index is 2.09. The minimum Gasteiger partial charge on any atom is -0.378 e. The molecule has 0 unspecified atom stereocenters. The number of hydrogen-bond donors (Lipinski definition) is 1. The van der Waals surface area contributed by atoms with Crippen LogP contribution in [0.2, 0.25) is 0 Å². The number of hydrogen-bond acceptors (Lipinski definition) is 5. The van der Waals surface area contributed by atoms with Crippen LogP contribution in [0.3, 0.4) is 0 Å². The Labute approximate surface area is 90.0 Å². The molecule has 6 nitrogen and oxygen atoms in total. The predicted octanol–water partition coefficient (Wildman–Crippen LogP) is -0.685. The molecule has 0 aliphatic rings. The highest BCUT2D eigenvalue weighted by Gasteiger charge is 1.98. The summed E-state index contributed by atoms with van der Waals surface area (Å²) in [6, 6.07) is 0. The molecule has 0 aliphatic carbocycles. The molecule has 0 saturated heterocycles. The largest absolute Gasteiger partial charge is 0.378 e. The number of aromatic nitrogens is 3. The highest BCUT2D eigenvalue weighted by Crippen LogP contribution is 1.91. The Kier molecular flexibility index (Phi) is 5.23. The summed E-state index contributed by atoms with van der Waals surface area (Å²) >= 11 is 0. The molecule has 1 aromatic rings. The zero-order valence-corrected chi connectivity index (χ0v) is 9.39. The van der Waals surface area contributed by atoms with Crippen LogP contribution in [0.5, 0.6) is 0 Å². The molecular weight excluding hydrogens is 194 g/mol. The van der Waals surface area contributed by atoms with Crippen LogP contribution in [0.1, 0.15) is 5.69 Å². The SMILES string of the molecule is CN(C)CCOCCn1cc(CN)nn1. The van der Waals surface area contributed by atoms with Crippen LogP contribution >= 0.6 is 0 Å². The Morgan fingerprint density at radius 1 is 1.47 bits per heavy atom. The van der Waals surface area contributed by atoms with Gasteiger partial charge in [0.05, 0.1) is 25.5 Å². The summed E-state index contributed by atoms with van der Waals surface area (Å²) in [5.74, 6) is 0. The minimum absolute atomic E-state index is 0.432. The van der Waals surface area contributed by atoms with Gasteiger partial charge in [-0.3, -0.25) is 0 Å². The van der Waals surface area contributed by atoms with E-state index in [2.05, 4.69) is 15.2 Å². The fourth-order valence-electron chi connectivity index (χ4n) is 1.05. The lowest BCUT2D eigenvalue weighted by molar-refractivity contribution is 0.108. The fraction of sp³-hybridized carbons (Fsp3) is 0.778. The van der Waals surface area contributed by atoms with Gasteiger partial charge in [-0.05, 0) is 14.1 Å². The van der Waals surface area contributed by atoms with Crippen molar-refractivity contribution < 1.29 is 4.74 Å². The van der Waals surface area contributed by atoms with Crippen molar-refractivity contribution >= 4 is 0 Å². The topological polar surface area (TPSA) is 69.2 Å². The van der Waals surface area contributed by atoms with Gasteiger partial charge in [-0.1, -0.05) is 5.21 Å². The molecule has 6 heteroatoms. The molecule has 0 spiro atoms. The predicted molar refractivity (Wildman–Crippen MR) is 57.3 cm³/mol. The first-order valence-electron chi connectivity index (χ1n) is 5.04. The van der Waals surface area contributed by atoms with Crippen molar-refractivity contribution in [3.05, 3.63) is 11.9 Å². The average molecular weight is 213 g/mol. The Morgan fingerprint density at radius 2 is 2.27 bits per heavy atom. The van der Waals surface area contributed by atoms with Crippen molar-refractivity contribution in [2.75, 3.05) is 33.9 Å². The highest BCUT2D eigenvalue weighted by atomic mass is 16.5. The van der Waals surface area contributed by atoms with Crippen molar-refractivity contribution in [3.63, 3.8) is 0 Å². The van der Waals surface area contributed by atoms with Gasteiger partial charge in [0.25, 0.3) is 0 Å². The van der Waals surface area contributed by atoms with Gasteiger partial charge in [0, 0.05) is 19.3 Å². The summed E-state index contributed by atoms with van der Waals surface area (Å²) in [5.41, 5.74) is 6.23. The molecular formula is C9H19N5O. The zero-order valence-electron chi connectivity index (χ0n) is 9.39. The number of nitrogens with zero attached hydrogens (tertiary/aromatic N) is 4. The van der Waals surface area contributed by atoms with E-state index in [4.69, 9.17) is 10.5 Å². The van der Waals surface area contributed by atoms with E-state index in [9.17, 15) is 0 Å². The summed E-state index contributed by atoms with van der Waals surface area (Å²) in [7, 11) is 4.04. The molecule has 0 radical (unpaired) electrons. The summed E-state index contributed by atoms with van der Waals surface area (Å²) in [6.45, 7) is 3.49. The van der Waals surface area contributed by atoms with Crippen molar-refractivity contribution in [2.24, 2.45) is 5.73 Å². The number of likely N-dealkylation sites (N-methyl/N-ethyl adjacent to an activating group) is 1. The molecule has 2 N–H and O–H groups in total. The first kappa shape index (κ1) is 12.1. The molecule has 0 aliphatic heterocycles. The molecule has 1 aromatic heterocycles. The monoisotopic (exact) mass is 213 g/mol. The Bertz CT molecular complexity index is 273. The normalized spacial score (nSPS) is 11.2. The molecule has 0 amide bonds. The van der Waals surface area contributed by atoms with E-state index in [1.54, 1.807) is 4.68 Å².